The fourth-order valence-electron chi connectivity index (χ4n) is 3.60. The predicted molar refractivity (Wildman–Crippen MR) is 82.0 cm³/mol. The van der Waals surface area contributed by atoms with Gasteiger partial charge >= 0.3 is 0 Å². The fourth-order valence-corrected chi connectivity index (χ4v) is 3.60. The van der Waals surface area contributed by atoms with E-state index in [2.05, 4.69) is 11.0 Å². The fraction of sp³-hybridized carbons (Fsp3) is 0.529. The zero-order chi connectivity index (χ0) is 15.9. The largest absolute Gasteiger partial charge is 0.493 e. The smallest absolute Gasteiger partial charge is 0.161 e. The Morgan fingerprint density at radius 3 is 2.81 bits per heavy atom. The number of likely N-dealkylation sites (N-methyl/N-ethyl adjacent to an activating group) is 1. The second kappa shape index (κ2) is 5.35. The molecule has 1 saturated heterocycles. The van der Waals surface area contributed by atoms with Crippen molar-refractivity contribution in [2.24, 2.45) is 0 Å². The molecule has 4 nitrogen and oxygen atoms in total. The van der Waals surface area contributed by atoms with Crippen LogP contribution in [0.1, 0.15) is 19.8 Å². The van der Waals surface area contributed by atoms with Gasteiger partial charge in [-0.2, -0.15) is 0 Å². The average Bonchev–Trinajstić information content (AvgIpc) is 2.89. The quantitative estimate of drug-likeness (QED) is 0.864. The third kappa shape index (κ3) is 2.23. The lowest BCUT2D eigenvalue weighted by Gasteiger charge is -2.39. The Kier molecular flexibility index (Phi) is 3.36. The van der Waals surface area contributed by atoms with Gasteiger partial charge in [0.25, 0.3) is 0 Å². The van der Waals surface area contributed by atoms with Crippen LogP contribution in [-0.4, -0.2) is 50.0 Å². The van der Waals surface area contributed by atoms with Gasteiger partial charge in [-0.05, 0) is 44.1 Å². The first-order valence-electron chi connectivity index (χ1n) is 7.83. The summed E-state index contributed by atoms with van der Waals surface area (Å²) in [5.74, 6) is 1.40. The molecule has 1 N–H and O–H groups in total. The summed E-state index contributed by atoms with van der Waals surface area (Å²) in [5.41, 5.74) is 0.861. The summed E-state index contributed by atoms with van der Waals surface area (Å²) in [5, 5.41) is 10.0. The molecule has 4 heteroatoms. The van der Waals surface area contributed by atoms with Gasteiger partial charge in [-0.3, -0.25) is 0 Å². The lowest BCUT2D eigenvalue weighted by atomic mass is 9.69. The highest BCUT2D eigenvalue weighted by Crippen LogP contribution is 2.46. The number of fused-ring (bicyclic) bond motifs is 1. The summed E-state index contributed by atoms with van der Waals surface area (Å²) in [6.07, 6.45) is 3.52. The number of benzene rings is 1. The van der Waals surface area contributed by atoms with E-state index in [0.29, 0.717) is 11.5 Å². The van der Waals surface area contributed by atoms with E-state index in [-0.39, 0.29) is 11.5 Å². The van der Waals surface area contributed by atoms with Crippen molar-refractivity contribution in [3.05, 3.63) is 35.9 Å². The Balaban J connectivity index is 2.10. The Bertz CT molecular complexity index is 591. The molecule has 0 spiro atoms. The lowest BCUT2D eigenvalue weighted by molar-refractivity contribution is 0.137. The Morgan fingerprint density at radius 1 is 1.33 bits per heavy atom. The van der Waals surface area contributed by atoms with Crippen molar-refractivity contribution in [1.29, 1.82) is 0 Å². The van der Waals surface area contributed by atoms with Crippen molar-refractivity contribution in [3.63, 3.8) is 0 Å². The molecule has 1 heterocycles. The Labute approximate surface area is 127 Å². The highest BCUT2D eigenvalue weighted by molar-refractivity contribution is 5.48. The third-order valence-electron chi connectivity index (χ3n) is 4.77. The molecule has 4 atom stereocenters. The minimum atomic E-state index is -0.709. The number of hydrogen-bond donors (Lipinski definition) is 1. The van der Waals surface area contributed by atoms with Crippen LogP contribution >= 0.6 is 0 Å². The standard InChI is InChI=1S/C17H23NO3/c1-18-9-8-17(7-6-13(19)11-16(17)18)12-4-5-14(20-2)15(10-12)21-3/h4-7,10,13,16,19H,8-9,11H2,1-3H3/t13-,16+,17+/m1/s1/i11D/t11?,13-,16+,17+. The van der Waals surface area contributed by atoms with Crippen molar-refractivity contribution in [3.8, 4) is 11.5 Å². The molecule has 1 aromatic rings. The van der Waals surface area contributed by atoms with E-state index in [0.717, 1.165) is 18.5 Å². The first kappa shape index (κ1) is 13.2. The molecule has 114 valence electrons. The summed E-state index contributed by atoms with van der Waals surface area (Å²) < 4.78 is 19.1. The second-order valence-corrected chi connectivity index (χ2v) is 5.83. The number of methoxy groups -OCH3 is 2. The minimum absolute atomic E-state index is 0.0365. The van der Waals surface area contributed by atoms with E-state index in [1.165, 1.54) is 0 Å². The van der Waals surface area contributed by atoms with Crippen molar-refractivity contribution in [2.45, 2.75) is 30.4 Å². The van der Waals surface area contributed by atoms with Gasteiger partial charge in [-0.15, -0.1) is 0 Å². The van der Waals surface area contributed by atoms with Gasteiger partial charge < -0.3 is 19.5 Å². The van der Waals surface area contributed by atoms with Crippen LogP contribution in [0, 0.1) is 0 Å². The van der Waals surface area contributed by atoms with Gasteiger partial charge in [0, 0.05) is 12.8 Å². The maximum Gasteiger partial charge on any atom is 0.161 e. The molecule has 1 unspecified atom stereocenters. The highest BCUT2D eigenvalue weighted by atomic mass is 16.5. The van der Waals surface area contributed by atoms with Gasteiger partial charge in [0.1, 0.15) is 0 Å². The number of rotatable bonds is 3. The normalized spacial score (nSPS) is 36.2. The van der Waals surface area contributed by atoms with E-state index in [1.54, 1.807) is 20.3 Å². The molecule has 21 heavy (non-hydrogen) atoms. The molecular weight excluding hydrogens is 266 g/mol. The summed E-state index contributed by atoms with van der Waals surface area (Å²) in [4.78, 5) is 2.18. The molecule has 1 aromatic carbocycles. The molecule has 1 aliphatic heterocycles. The van der Waals surface area contributed by atoms with E-state index < -0.39 is 12.5 Å². The topological polar surface area (TPSA) is 41.9 Å². The van der Waals surface area contributed by atoms with Gasteiger partial charge in [0.2, 0.25) is 0 Å². The molecule has 0 radical (unpaired) electrons. The zero-order valence-electron chi connectivity index (χ0n) is 13.7. The molecule has 1 fully saturated rings. The summed E-state index contributed by atoms with van der Waals surface area (Å²) in [6.45, 7) is 0.908. The molecule has 0 amide bonds. The van der Waals surface area contributed by atoms with Crippen molar-refractivity contribution in [2.75, 3.05) is 27.8 Å². The monoisotopic (exact) mass is 290 g/mol. The SMILES string of the molecule is [2H]C1[C@H](O)C=C[C@@]2(c3ccc(OC)c(OC)c3)CCN(C)[C@@H]12. The van der Waals surface area contributed by atoms with Crippen LogP contribution in [0.25, 0.3) is 0 Å². The van der Waals surface area contributed by atoms with Crippen LogP contribution in [0.15, 0.2) is 30.4 Å². The number of likely N-dealkylation sites (tertiary alicyclic amines) is 1. The van der Waals surface area contributed by atoms with Crippen molar-refractivity contribution in [1.82, 2.24) is 4.90 Å². The Hall–Kier alpha value is -1.52. The van der Waals surface area contributed by atoms with Crippen LogP contribution in [0.5, 0.6) is 11.5 Å². The predicted octanol–water partition coefficient (Wildman–Crippen LogP) is 1.97. The molecule has 2 aliphatic rings. The number of ether oxygens (including phenoxy) is 2. The Morgan fingerprint density at radius 2 is 2.10 bits per heavy atom. The van der Waals surface area contributed by atoms with E-state index in [4.69, 9.17) is 10.8 Å². The number of aliphatic hydroxyl groups is 1. The number of nitrogens with zero attached hydrogens (tertiary/aromatic N) is 1. The molecular formula is C17H23NO3. The molecule has 0 aromatic heterocycles. The maximum absolute atomic E-state index is 10.0. The van der Waals surface area contributed by atoms with Crippen LogP contribution in [0.3, 0.4) is 0 Å². The number of hydrogen-bond acceptors (Lipinski definition) is 4. The zero-order valence-corrected chi connectivity index (χ0v) is 12.7. The minimum Gasteiger partial charge on any atom is -0.493 e. The van der Waals surface area contributed by atoms with E-state index >= 15 is 0 Å². The molecule has 0 saturated carbocycles. The second-order valence-electron chi connectivity index (χ2n) is 5.83. The average molecular weight is 290 g/mol. The molecule has 1 aliphatic carbocycles. The third-order valence-corrected chi connectivity index (χ3v) is 4.77. The van der Waals surface area contributed by atoms with Crippen LogP contribution in [-0.2, 0) is 5.41 Å². The molecule has 0 bridgehead atoms. The van der Waals surface area contributed by atoms with Gasteiger partial charge in [0.05, 0.1) is 20.3 Å². The number of aliphatic hydroxyl groups excluding tert-OH is 1. The van der Waals surface area contributed by atoms with E-state index in [9.17, 15) is 5.11 Å². The van der Waals surface area contributed by atoms with Crippen LogP contribution in [0.4, 0.5) is 0 Å². The molecule has 3 rings (SSSR count). The van der Waals surface area contributed by atoms with Crippen molar-refractivity contribution >= 4 is 0 Å². The summed E-state index contributed by atoms with van der Waals surface area (Å²) in [6, 6.07) is 5.92. The van der Waals surface area contributed by atoms with Gasteiger partial charge in [-0.25, -0.2) is 0 Å². The van der Waals surface area contributed by atoms with Crippen LogP contribution < -0.4 is 9.47 Å². The highest BCUT2D eigenvalue weighted by Gasteiger charge is 2.48. The summed E-state index contributed by atoms with van der Waals surface area (Å²) >= 11 is 0. The first-order chi connectivity index (χ1) is 10.5. The summed E-state index contributed by atoms with van der Waals surface area (Å²) in [7, 11) is 5.28. The van der Waals surface area contributed by atoms with E-state index in [1.807, 2.05) is 25.2 Å². The lowest BCUT2D eigenvalue weighted by Crippen LogP contribution is -2.44. The van der Waals surface area contributed by atoms with Crippen LogP contribution in [0.2, 0.25) is 0 Å². The van der Waals surface area contributed by atoms with Gasteiger partial charge in [0.15, 0.2) is 11.5 Å². The van der Waals surface area contributed by atoms with Crippen molar-refractivity contribution < 1.29 is 16.0 Å². The van der Waals surface area contributed by atoms with Gasteiger partial charge in [-0.1, -0.05) is 18.2 Å². The first-order valence-corrected chi connectivity index (χ1v) is 7.26. The maximum atomic E-state index is 10.0.